The second kappa shape index (κ2) is 8.35. The summed E-state index contributed by atoms with van der Waals surface area (Å²) in [7, 11) is 0. The predicted octanol–water partition coefficient (Wildman–Crippen LogP) is 3.85. The highest BCUT2D eigenvalue weighted by atomic mass is 19.1. The Hall–Kier alpha value is -4.07. The van der Waals surface area contributed by atoms with Gasteiger partial charge in [0.25, 0.3) is 5.91 Å². The van der Waals surface area contributed by atoms with Crippen molar-refractivity contribution in [1.82, 2.24) is 15.4 Å². The van der Waals surface area contributed by atoms with E-state index in [9.17, 15) is 9.18 Å². The van der Waals surface area contributed by atoms with E-state index in [1.54, 1.807) is 79.8 Å². The van der Waals surface area contributed by atoms with Crippen LogP contribution in [0.15, 0.2) is 89.3 Å². The average Bonchev–Trinajstić information content (AvgIpc) is 3.17. The molecule has 8 heteroatoms. The lowest BCUT2D eigenvalue weighted by molar-refractivity contribution is -0.0103. The molecule has 1 aliphatic heterocycles. The first kappa shape index (κ1) is 20.2. The largest absolute Gasteiger partial charge is 0.443 e. The van der Waals surface area contributed by atoms with E-state index in [-0.39, 0.29) is 11.7 Å². The first-order chi connectivity index (χ1) is 15.0. The van der Waals surface area contributed by atoms with Crippen LogP contribution in [0.4, 0.5) is 4.39 Å². The Morgan fingerprint density at radius 1 is 1.06 bits per heavy atom. The van der Waals surface area contributed by atoms with Crippen molar-refractivity contribution in [3.8, 4) is 0 Å². The summed E-state index contributed by atoms with van der Waals surface area (Å²) in [5.74, 6) is 0.0490. The number of aromatic nitrogens is 1. The van der Waals surface area contributed by atoms with Crippen molar-refractivity contribution in [2.75, 3.05) is 0 Å². The third-order valence-electron chi connectivity index (χ3n) is 4.86. The van der Waals surface area contributed by atoms with E-state index in [2.05, 4.69) is 20.6 Å². The van der Waals surface area contributed by atoms with E-state index in [4.69, 9.17) is 4.74 Å². The Bertz CT molecular complexity index is 1130. The Morgan fingerprint density at radius 2 is 1.74 bits per heavy atom. The van der Waals surface area contributed by atoms with Crippen molar-refractivity contribution >= 4 is 17.6 Å². The molecule has 1 amide bonds. The Labute approximate surface area is 178 Å². The van der Waals surface area contributed by atoms with Gasteiger partial charge in [0.1, 0.15) is 11.7 Å². The molecule has 1 aromatic heterocycles. The minimum absolute atomic E-state index is 0.345. The smallest absolute Gasteiger partial charge is 0.271 e. The minimum atomic E-state index is -1.10. The summed E-state index contributed by atoms with van der Waals surface area (Å²) in [5, 5.41) is 10.4. The van der Waals surface area contributed by atoms with Crippen LogP contribution in [0.2, 0.25) is 0 Å². The third-order valence-corrected chi connectivity index (χ3v) is 4.86. The van der Waals surface area contributed by atoms with Crippen LogP contribution in [0.1, 0.15) is 35.3 Å². The standard InChI is InChI=1S/C23H20FN5O2/c1-16(26-27-21(30)17-6-4-3-5-7-17)29-23(2,19-8-10-20(24)11-9-19)31-22(28-29)18-12-14-25-15-13-18/h3-15H,1-2H3,(H,27,30)/b26-16+. The van der Waals surface area contributed by atoms with Crippen LogP contribution in [0.25, 0.3) is 0 Å². The molecule has 7 nitrogen and oxygen atoms in total. The van der Waals surface area contributed by atoms with Gasteiger partial charge >= 0.3 is 0 Å². The summed E-state index contributed by atoms with van der Waals surface area (Å²) >= 11 is 0. The molecule has 31 heavy (non-hydrogen) atoms. The molecule has 2 aromatic carbocycles. The van der Waals surface area contributed by atoms with E-state index in [1.807, 2.05) is 6.07 Å². The van der Waals surface area contributed by atoms with Gasteiger partial charge in [-0.2, -0.15) is 5.10 Å². The predicted molar refractivity (Wildman–Crippen MR) is 114 cm³/mol. The van der Waals surface area contributed by atoms with E-state index in [0.29, 0.717) is 22.9 Å². The van der Waals surface area contributed by atoms with Gasteiger partial charge in [-0.15, -0.1) is 5.10 Å². The Kier molecular flexibility index (Phi) is 5.44. The lowest BCUT2D eigenvalue weighted by Crippen LogP contribution is -2.42. The highest BCUT2D eigenvalue weighted by molar-refractivity contribution is 5.98. The summed E-state index contributed by atoms with van der Waals surface area (Å²) in [6, 6.07) is 18.3. The molecule has 4 rings (SSSR count). The van der Waals surface area contributed by atoms with Gasteiger partial charge in [-0.3, -0.25) is 9.78 Å². The van der Waals surface area contributed by atoms with Crippen LogP contribution in [0.3, 0.4) is 0 Å². The first-order valence-electron chi connectivity index (χ1n) is 9.61. The number of ether oxygens (including phenoxy) is 1. The maximum atomic E-state index is 13.5. The van der Waals surface area contributed by atoms with Gasteiger partial charge in [-0.05, 0) is 43.3 Å². The molecule has 1 unspecified atom stereocenters. The molecule has 0 fully saturated rings. The number of hydrazone groups is 2. The second-order valence-electron chi connectivity index (χ2n) is 7.01. The van der Waals surface area contributed by atoms with Crippen molar-refractivity contribution in [2.24, 2.45) is 10.2 Å². The Morgan fingerprint density at radius 3 is 2.42 bits per heavy atom. The molecule has 3 aromatic rings. The van der Waals surface area contributed by atoms with Gasteiger partial charge in [0.05, 0.1) is 0 Å². The van der Waals surface area contributed by atoms with Crippen LogP contribution < -0.4 is 5.43 Å². The molecule has 1 atom stereocenters. The summed E-state index contributed by atoms with van der Waals surface area (Å²) < 4.78 is 19.7. The molecule has 156 valence electrons. The van der Waals surface area contributed by atoms with Crippen LogP contribution >= 0.6 is 0 Å². The topological polar surface area (TPSA) is 79.2 Å². The zero-order chi connectivity index (χ0) is 21.8. The molecule has 0 saturated heterocycles. The fourth-order valence-electron chi connectivity index (χ4n) is 3.20. The number of rotatable bonds is 4. The van der Waals surface area contributed by atoms with Gasteiger partial charge in [0.15, 0.2) is 0 Å². The molecule has 1 N–H and O–H groups in total. The first-order valence-corrected chi connectivity index (χ1v) is 9.61. The monoisotopic (exact) mass is 417 g/mol. The number of benzene rings is 2. The number of carbonyl (C=O) groups is 1. The zero-order valence-corrected chi connectivity index (χ0v) is 17.0. The molecular weight excluding hydrogens is 397 g/mol. The van der Waals surface area contributed by atoms with Crippen molar-refractivity contribution in [2.45, 2.75) is 19.6 Å². The van der Waals surface area contributed by atoms with Gasteiger partial charge in [0.2, 0.25) is 11.6 Å². The summed E-state index contributed by atoms with van der Waals surface area (Å²) in [4.78, 5) is 16.4. The number of halogens is 1. The number of nitrogens with one attached hydrogen (secondary N) is 1. The van der Waals surface area contributed by atoms with Crippen molar-refractivity contribution in [3.63, 3.8) is 0 Å². The van der Waals surface area contributed by atoms with Crippen LogP contribution in [0.5, 0.6) is 0 Å². The average molecular weight is 417 g/mol. The minimum Gasteiger partial charge on any atom is -0.443 e. The van der Waals surface area contributed by atoms with E-state index >= 15 is 0 Å². The van der Waals surface area contributed by atoms with Gasteiger partial charge in [0, 0.05) is 36.0 Å². The van der Waals surface area contributed by atoms with E-state index < -0.39 is 5.72 Å². The number of amidine groups is 1. The maximum Gasteiger partial charge on any atom is 0.271 e. The van der Waals surface area contributed by atoms with E-state index in [0.717, 1.165) is 5.56 Å². The lowest BCUT2D eigenvalue weighted by atomic mass is 10.0. The molecule has 0 radical (unpaired) electrons. The SMILES string of the molecule is C/C(=N\NC(=O)c1ccccc1)N1N=C(c2ccncc2)OC1(C)c1ccc(F)cc1. The fraction of sp³-hybridized carbons (Fsp3) is 0.130. The number of amides is 1. The van der Waals surface area contributed by atoms with Crippen molar-refractivity contribution in [3.05, 3.63) is 102 Å². The molecular formula is C23H20FN5O2. The highest BCUT2D eigenvalue weighted by Crippen LogP contribution is 2.36. The zero-order valence-electron chi connectivity index (χ0n) is 17.0. The number of nitrogens with zero attached hydrogens (tertiary/aromatic N) is 4. The highest BCUT2D eigenvalue weighted by Gasteiger charge is 2.44. The second-order valence-corrected chi connectivity index (χ2v) is 7.01. The van der Waals surface area contributed by atoms with Crippen LogP contribution in [0, 0.1) is 5.82 Å². The molecule has 0 aliphatic carbocycles. The summed E-state index contributed by atoms with van der Waals surface area (Å²) in [5.41, 5.74) is 3.33. The third kappa shape index (κ3) is 4.13. The number of pyridine rings is 1. The van der Waals surface area contributed by atoms with Crippen molar-refractivity contribution in [1.29, 1.82) is 0 Å². The van der Waals surface area contributed by atoms with Crippen LogP contribution in [-0.4, -0.2) is 27.6 Å². The van der Waals surface area contributed by atoms with Gasteiger partial charge < -0.3 is 4.74 Å². The quantitative estimate of drug-likeness (QED) is 0.397. The lowest BCUT2D eigenvalue weighted by Gasteiger charge is -2.32. The van der Waals surface area contributed by atoms with Gasteiger partial charge in [-0.1, -0.05) is 30.3 Å². The molecule has 0 saturated carbocycles. The van der Waals surface area contributed by atoms with Gasteiger partial charge in [-0.25, -0.2) is 14.8 Å². The molecule has 1 aliphatic rings. The van der Waals surface area contributed by atoms with Crippen LogP contribution in [-0.2, 0) is 10.5 Å². The number of hydrogen-bond acceptors (Lipinski definition) is 5. The molecule has 2 heterocycles. The molecule has 0 bridgehead atoms. The maximum absolute atomic E-state index is 13.5. The normalized spacial score (nSPS) is 18.4. The van der Waals surface area contributed by atoms with Crippen molar-refractivity contribution < 1.29 is 13.9 Å². The summed E-state index contributed by atoms with van der Waals surface area (Å²) in [6.07, 6.45) is 3.28. The molecule has 0 spiro atoms. The number of carbonyl (C=O) groups excluding carboxylic acids is 1. The van der Waals surface area contributed by atoms with E-state index in [1.165, 1.54) is 12.1 Å². The fourth-order valence-corrected chi connectivity index (χ4v) is 3.20. The summed E-state index contributed by atoms with van der Waals surface area (Å²) in [6.45, 7) is 3.51. The number of hydrogen-bond donors (Lipinski definition) is 1. The Balaban J connectivity index is 1.67.